The summed E-state index contributed by atoms with van der Waals surface area (Å²) in [4.78, 5) is 2.36. The lowest BCUT2D eigenvalue weighted by molar-refractivity contribution is -0.873. The van der Waals surface area contributed by atoms with Crippen molar-refractivity contribution < 1.29 is 43.0 Å². The SMILES string of the molecule is CCN(CC)c1ccc(C=CC=CC=Cc2cc[n+](CCC[N+](C)(C)C)cc2)cc1.[Br-].[Br-]. The highest BCUT2D eigenvalue weighted by atomic mass is 79.9. The molecule has 2 rings (SSSR count). The summed E-state index contributed by atoms with van der Waals surface area (Å²) >= 11 is 0. The van der Waals surface area contributed by atoms with Gasteiger partial charge in [-0.3, -0.25) is 0 Å². The van der Waals surface area contributed by atoms with Gasteiger partial charge in [0.15, 0.2) is 18.9 Å². The normalized spacial score (nSPS) is 11.7. The Morgan fingerprint density at radius 3 is 1.72 bits per heavy atom. The van der Waals surface area contributed by atoms with E-state index in [-0.39, 0.29) is 34.0 Å². The smallest absolute Gasteiger partial charge is 0.169 e. The highest BCUT2D eigenvalue weighted by Gasteiger charge is 2.08. The monoisotopic (exact) mass is 563 g/mol. The zero-order chi connectivity index (χ0) is 21.8. The van der Waals surface area contributed by atoms with E-state index in [1.807, 2.05) is 0 Å². The fourth-order valence-corrected chi connectivity index (χ4v) is 3.30. The predicted octanol–water partition coefficient (Wildman–Crippen LogP) is -0.793. The molecule has 0 bridgehead atoms. The number of pyridine rings is 1. The van der Waals surface area contributed by atoms with Crippen LogP contribution in [0.1, 0.15) is 31.4 Å². The maximum absolute atomic E-state index is 2.36. The Bertz CT molecular complexity index is 829. The number of nitrogens with zero attached hydrogens (tertiary/aromatic N) is 3. The summed E-state index contributed by atoms with van der Waals surface area (Å²) in [7, 11) is 6.72. The summed E-state index contributed by atoms with van der Waals surface area (Å²) in [5.74, 6) is 0. The average Bonchev–Trinajstić information content (AvgIpc) is 2.72. The Balaban J connectivity index is 0.00000480. The molecule has 0 radical (unpaired) electrons. The second-order valence-electron chi connectivity index (χ2n) is 8.60. The molecule has 0 saturated carbocycles. The second-order valence-corrected chi connectivity index (χ2v) is 8.60. The van der Waals surface area contributed by atoms with Crippen molar-refractivity contribution in [2.45, 2.75) is 26.8 Å². The Labute approximate surface area is 216 Å². The van der Waals surface area contributed by atoms with Gasteiger partial charge in [0, 0.05) is 30.9 Å². The van der Waals surface area contributed by atoms with Gasteiger partial charge >= 0.3 is 0 Å². The van der Waals surface area contributed by atoms with Gasteiger partial charge in [-0.1, -0.05) is 48.6 Å². The van der Waals surface area contributed by atoms with Crippen LogP contribution in [0.25, 0.3) is 12.2 Å². The molecule has 0 unspecified atom stereocenters. The van der Waals surface area contributed by atoms with Gasteiger partial charge in [0.25, 0.3) is 0 Å². The molecular formula is C27H39Br2N3. The van der Waals surface area contributed by atoms with Gasteiger partial charge in [0.05, 0.1) is 34.1 Å². The number of quaternary nitrogens is 1. The average molecular weight is 565 g/mol. The molecule has 0 amide bonds. The summed E-state index contributed by atoms with van der Waals surface area (Å²) in [5, 5.41) is 0. The van der Waals surface area contributed by atoms with Crippen LogP contribution in [-0.2, 0) is 6.54 Å². The molecule has 3 nitrogen and oxygen atoms in total. The van der Waals surface area contributed by atoms with Crippen LogP contribution in [0.3, 0.4) is 0 Å². The molecule has 0 aliphatic heterocycles. The molecule has 1 heterocycles. The molecule has 0 saturated heterocycles. The number of aromatic nitrogens is 1. The molecule has 176 valence electrons. The first kappa shape index (κ1) is 30.3. The van der Waals surface area contributed by atoms with Crippen molar-refractivity contribution in [1.29, 1.82) is 0 Å². The largest absolute Gasteiger partial charge is 1.00 e. The van der Waals surface area contributed by atoms with Gasteiger partial charge in [-0.2, -0.15) is 0 Å². The van der Waals surface area contributed by atoms with Crippen molar-refractivity contribution in [3.8, 4) is 0 Å². The summed E-state index contributed by atoms with van der Waals surface area (Å²) in [6.07, 6.45) is 18.1. The number of benzene rings is 1. The third-order valence-electron chi connectivity index (χ3n) is 5.09. The molecule has 0 aliphatic carbocycles. The lowest BCUT2D eigenvalue weighted by Crippen LogP contribution is -3.00. The fourth-order valence-electron chi connectivity index (χ4n) is 3.30. The van der Waals surface area contributed by atoms with Crippen molar-refractivity contribution in [3.63, 3.8) is 0 Å². The molecular weight excluding hydrogens is 526 g/mol. The van der Waals surface area contributed by atoms with E-state index in [1.54, 1.807) is 0 Å². The highest BCUT2D eigenvalue weighted by Crippen LogP contribution is 2.15. The first-order chi connectivity index (χ1) is 14.4. The molecule has 1 aromatic heterocycles. The van der Waals surface area contributed by atoms with E-state index >= 15 is 0 Å². The van der Waals surface area contributed by atoms with Gasteiger partial charge in [0.1, 0.15) is 0 Å². The Kier molecular flexibility index (Phi) is 15.2. The number of hydrogen-bond donors (Lipinski definition) is 0. The summed E-state index contributed by atoms with van der Waals surface area (Å²) in [6.45, 7) is 8.72. The quantitative estimate of drug-likeness (QED) is 0.197. The molecule has 5 heteroatoms. The number of allylic oxidation sites excluding steroid dienone is 4. The predicted molar refractivity (Wildman–Crippen MR) is 131 cm³/mol. The van der Waals surface area contributed by atoms with Crippen molar-refractivity contribution >= 4 is 17.8 Å². The minimum Gasteiger partial charge on any atom is -1.00 e. The Hall–Kier alpha value is -1.69. The first-order valence-corrected chi connectivity index (χ1v) is 11.1. The molecule has 0 spiro atoms. The third-order valence-corrected chi connectivity index (χ3v) is 5.09. The van der Waals surface area contributed by atoms with Gasteiger partial charge < -0.3 is 43.3 Å². The van der Waals surface area contributed by atoms with E-state index in [0.29, 0.717) is 0 Å². The maximum atomic E-state index is 2.36. The minimum atomic E-state index is 0. The first-order valence-electron chi connectivity index (χ1n) is 11.1. The highest BCUT2D eigenvalue weighted by molar-refractivity contribution is 5.57. The van der Waals surface area contributed by atoms with Crippen LogP contribution in [0, 0.1) is 0 Å². The molecule has 32 heavy (non-hydrogen) atoms. The number of hydrogen-bond acceptors (Lipinski definition) is 1. The van der Waals surface area contributed by atoms with Gasteiger partial charge in [0.2, 0.25) is 0 Å². The summed E-state index contributed by atoms with van der Waals surface area (Å²) in [5.41, 5.74) is 3.73. The van der Waals surface area contributed by atoms with Crippen LogP contribution in [0.15, 0.2) is 73.1 Å². The fraction of sp³-hybridized carbons (Fsp3) is 0.370. The lowest BCUT2D eigenvalue weighted by atomic mass is 10.1. The molecule has 2 aromatic rings. The Morgan fingerprint density at radius 1 is 0.750 bits per heavy atom. The van der Waals surface area contributed by atoms with Gasteiger partial charge in [-0.25, -0.2) is 4.57 Å². The van der Waals surface area contributed by atoms with Crippen LogP contribution < -0.4 is 43.4 Å². The number of anilines is 1. The van der Waals surface area contributed by atoms with Crippen LogP contribution >= 0.6 is 0 Å². The van der Waals surface area contributed by atoms with Crippen molar-refractivity contribution in [2.75, 3.05) is 45.7 Å². The van der Waals surface area contributed by atoms with Crippen molar-refractivity contribution in [2.24, 2.45) is 0 Å². The standard InChI is InChI=1S/C27H39N3.2BrH/c1-6-29(7-2)27-17-15-25(16-18-27)13-10-8-9-11-14-26-19-22-28(23-20-26)21-12-24-30(3,4)5;;/h8-11,13-20,22-23H,6-7,12,21,24H2,1-5H3;2*1H/q+2;;/p-2. The van der Waals surface area contributed by atoms with Crippen molar-refractivity contribution in [3.05, 3.63) is 84.2 Å². The molecule has 0 aliphatic rings. The zero-order valence-corrected chi connectivity index (χ0v) is 23.4. The number of halogens is 2. The van der Waals surface area contributed by atoms with E-state index < -0.39 is 0 Å². The molecule has 0 fully saturated rings. The number of rotatable bonds is 11. The number of aryl methyl sites for hydroxylation is 1. The molecule has 0 N–H and O–H groups in total. The Morgan fingerprint density at radius 2 is 1.25 bits per heavy atom. The van der Waals surface area contributed by atoms with E-state index in [9.17, 15) is 0 Å². The summed E-state index contributed by atoms with van der Waals surface area (Å²) < 4.78 is 3.28. The van der Waals surface area contributed by atoms with E-state index in [4.69, 9.17) is 0 Å². The van der Waals surface area contributed by atoms with E-state index in [0.717, 1.165) is 24.1 Å². The molecule has 1 aromatic carbocycles. The van der Waals surface area contributed by atoms with Crippen LogP contribution in [0.5, 0.6) is 0 Å². The minimum absolute atomic E-state index is 0. The second kappa shape index (κ2) is 16.0. The maximum Gasteiger partial charge on any atom is 0.169 e. The molecule has 0 atom stereocenters. The van der Waals surface area contributed by atoms with Crippen LogP contribution in [0.2, 0.25) is 0 Å². The van der Waals surface area contributed by atoms with Crippen LogP contribution in [0.4, 0.5) is 5.69 Å². The van der Waals surface area contributed by atoms with Gasteiger partial charge in [-0.15, -0.1) is 0 Å². The van der Waals surface area contributed by atoms with E-state index in [1.165, 1.54) is 29.8 Å². The third kappa shape index (κ3) is 11.8. The lowest BCUT2D eigenvalue weighted by Gasteiger charge is -2.22. The summed E-state index contributed by atoms with van der Waals surface area (Å²) in [6, 6.07) is 13.1. The van der Waals surface area contributed by atoms with Gasteiger partial charge in [-0.05, 0) is 37.1 Å². The van der Waals surface area contributed by atoms with E-state index in [2.05, 4.69) is 130 Å². The topological polar surface area (TPSA) is 7.12 Å². The van der Waals surface area contributed by atoms with Crippen LogP contribution in [-0.4, -0.2) is 45.3 Å². The zero-order valence-electron chi connectivity index (χ0n) is 20.2. The van der Waals surface area contributed by atoms with Crippen molar-refractivity contribution in [1.82, 2.24) is 0 Å².